The maximum absolute atomic E-state index is 12.8. The summed E-state index contributed by atoms with van der Waals surface area (Å²) in [7, 11) is 0. The van der Waals surface area contributed by atoms with Crippen LogP contribution in [0, 0.1) is 0 Å². The fraction of sp³-hybridized carbons (Fsp3) is 0.538. The highest BCUT2D eigenvalue weighted by atomic mass is 19.3. The summed E-state index contributed by atoms with van der Waals surface area (Å²) in [5.41, 5.74) is 2.14. The van der Waals surface area contributed by atoms with E-state index in [4.69, 9.17) is 0 Å². The van der Waals surface area contributed by atoms with Crippen LogP contribution in [0.3, 0.4) is 0 Å². The fourth-order valence-electron chi connectivity index (χ4n) is 1.86. The van der Waals surface area contributed by atoms with Crippen molar-refractivity contribution >= 4 is 5.69 Å². The molecule has 0 unspecified atom stereocenters. The fourth-order valence-corrected chi connectivity index (χ4v) is 1.86. The predicted molar refractivity (Wildman–Crippen MR) is 62.3 cm³/mol. The van der Waals surface area contributed by atoms with Gasteiger partial charge in [-0.3, -0.25) is 0 Å². The molecule has 2 rings (SSSR count). The van der Waals surface area contributed by atoms with Crippen molar-refractivity contribution in [3.05, 3.63) is 29.8 Å². The Bertz CT molecular complexity index is 385. The zero-order valence-electron chi connectivity index (χ0n) is 9.93. The molecule has 1 aliphatic rings. The first-order chi connectivity index (χ1) is 7.28. The smallest absolute Gasteiger partial charge is 0.282 e. The van der Waals surface area contributed by atoms with Gasteiger partial charge >= 0.3 is 0 Å². The van der Waals surface area contributed by atoms with Crippen molar-refractivity contribution in [3.63, 3.8) is 0 Å². The summed E-state index contributed by atoms with van der Waals surface area (Å²) in [5.74, 6) is -2.50. The Hall–Kier alpha value is -1.12. The van der Waals surface area contributed by atoms with Crippen molar-refractivity contribution < 1.29 is 8.78 Å². The predicted octanol–water partition coefficient (Wildman–Crippen LogP) is 3.44. The lowest BCUT2D eigenvalue weighted by molar-refractivity contribution is -0.0262. The number of rotatable bonds is 1. The lowest BCUT2D eigenvalue weighted by Gasteiger charge is -2.40. The summed E-state index contributed by atoms with van der Waals surface area (Å²) in [6.07, 6.45) is 0. The maximum Gasteiger partial charge on any atom is 0.282 e. The lowest BCUT2D eigenvalue weighted by atomic mass is 9.86. The topological polar surface area (TPSA) is 3.24 Å². The molecule has 0 spiro atoms. The number of anilines is 1. The van der Waals surface area contributed by atoms with Crippen LogP contribution in [0.25, 0.3) is 0 Å². The van der Waals surface area contributed by atoms with Gasteiger partial charge in [0, 0.05) is 5.69 Å². The Balaban J connectivity index is 2.18. The van der Waals surface area contributed by atoms with E-state index in [1.54, 1.807) is 4.90 Å². The molecular formula is C13H17F2N. The van der Waals surface area contributed by atoms with E-state index in [1.807, 2.05) is 24.3 Å². The number of hydrogen-bond acceptors (Lipinski definition) is 1. The van der Waals surface area contributed by atoms with Crippen LogP contribution in [0.5, 0.6) is 0 Å². The Morgan fingerprint density at radius 1 is 1.19 bits per heavy atom. The number of benzene rings is 1. The van der Waals surface area contributed by atoms with E-state index in [9.17, 15) is 8.78 Å². The first-order valence-corrected chi connectivity index (χ1v) is 5.51. The molecule has 1 aromatic carbocycles. The number of hydrogen-bond donors (Lipinski definition) is 0. The molecule has 0 saturated carbocycles. The third kappa shape index (κ3) is 2.18. The van der Waals surface area contributed by atoms with Gasteiger partial charge in [0.1, 0.15) is 0 Å². The van der Waals surface area contributed by atoms with Gasteiger partial charge in [0.25, 0.3) is 5.92 Å². The van der Waals surface area contributed by atoms with Crippen LogP contribution in [-0.2, 0) is 5.41 Å². The minimum atomic E-state index is -2.50. The van der Waals surface area contributed by atoms with Gasteiger partial charge in [-0.25, -0.2) is 8.78 Å². The molecule has 1 nitrogen and oxygen atoms in total. The number of nitrogens with zero attached hydrogens (tertiary/aromatic N) is 1. The monoisotopic (exact) mass is 225 g/mol. The van der Waals surface area contributed by atoms with E-state index in [1.165, 1.54) is 5.56 Å². The van der Waals surface area contributed by atoms with Crippen LogP contribution in [0.2, 0.25) is 0 Å². The standard InChI is InChI=1S/C13H17F2N/c1-12(2,3)10-5-4-6-11(7-10)16-8-13(14,15)9-16/h4-7H,8-9H2,1-3H3. The zero-order valence-corrected chi connectivity index (χ0v) is 9.93. The Morgan fingerprint density at radius 3 is 2.31 bits per heavy atom. The summed E-state index contributed by atoms with van der Waals surface area (Å²) in [6.45, 7) is 6.06. The van der Waals surface area contributed by atoms with Crippen LogP contribution in [-0.4, -0.2) is 19.0 Å². The Kier molecular flexibility index (Phi) is 2.44. The highest BCUT2D eigenvalue weighted by Crippen LogP contribution is 2.33. The molecule has 1 fully saturated rings. The molecule has 1 saturated heterocycles. The minimum Gasteiger partial charge on any atom is -0.359 e. The summed E-state index contributed by atoms with van der Waals surface area (Å²) in [4.78, 5) is 1.72. The third-order valence-corrected chi connectivity index (χ3v) is 2.92. The van der Waals surface area contributed by atoms with Crippen LogP contribution in [0.1, 0.15) is 26.3 Å². The van der Waals surface area contributed by atoms with E-state index in [2.05, 4.69) is 20.8 Å². The van der Waals surface area contributed by atoms with Crippen molar-refractivity contribution in [2.45, 2.75) is 32.1 Å². The van der Waals surface area contributed by atoms with E-state index in [0.29, 0.717) is 0 Å². The van der Waals surface area contributed by atoms with Crippen molar-refractivity contribution in [2.24, 2.45) is 0 Å². The Labute approximate surface area is 95.1 Å². The first kappa shape index (κ1) is 11.4. The number of halogens is 2. The second kappa shape index (κ2) is 3.44. The van der Waals surface area contributed by atoms with Gasteiger partial charge in [-0.05, 0) is 23.1 Å². The van der Waals surface area contributed by atoms with Gasteiger partial charge in [0.2, 0.25) is 0 Å². The van der Waals surface area contributed by atoms with Crippen LogP contribution in [0.15, 0.2) is 24.3 Å². The lowest BCUT2D eigenvalue weighted by Crippen LogP contribution is -2.56. The Morgan fingerprint density at radius 2 is 1.81 bits per heavy atom. The quantitative estimate of drug-likeness (QED) is 0.707. The molecule has 1 aromatic rings. The van der Waals surface area contributed by atoms with Gasteiger partial charge < -0.3 is 4.90 Å². The summed E-state index contributed by atoms with van der Waals surface area (Å²) < 4.78 is 25.5. The SMILES string of the molecule is CC(C)(C)c1cccc(N2CC(F)(F)C2)c1. The summed E-state index contributed by atoms with van der Waals surface area (Å²) in [6, 6.07) is 7.88. The molecule has 0 atom stereocenters. The minimum absolute atomic E-state index is 0.0589. The first-order valence-electron chi connectivity index (χ1n) is 5.51. The van der Waals surface area contributed by atoms with Crippen molar-refractivity contribution in [3.8, 4) is 0 Å². The molecule has 0 radical (unpaired) electrons. The van der Waals surface area contributed by atoms with Gasteiger partial charge in [0.05, 0.1) is 13.1 Å². The van der Waals surface area contributed by atoms with E-state index >= 15 is 0 Å². The molecule has 1 heterocycles. The largest absolute Gasteiger partial charge is 0.359 e. The van der Waals surface area contributed by atoms with Gasteiger partial charge in [0.15, 0.2) is 0 Å². The van der Waals surface area contributed by atoms with Crippen LogP contribution >= 0.6 is 0 Å². The molecule has 16 heavy (non-hydrogen) atoms. The third-order valence-electron chi connectivity index (χ3n) is 2.92. The molecular weight excluding hydrogens is 208 g/mol. The van der Waals surface area contributed by atoms with Gasteiger partial charge in [-0.1, -0.05) is 32.9 Å². The van der Waals surface area contributed by atoms with E-state index < -0.39 is 5.92 Å². The van der Waals surface area contributed by atoms with Crippen LogP contribution in [0.4, 0.5) is 14.5 Å². The van der Waals surface area contributed by atoms with Crippen molar-refractivity contribution in [2.75, 3.05) is 18.0 Å². The summed E-state index contributed by atoms with van der Waals surface area (Å²) >= 11 is 0. The number of alkyl halides is 2. The average Bonchev–Trinajstić information content (AvgIpc) is 2.13. The van der Waals surface area contributed by atoms with Crippen LogP contribution < -0.4 is 4.90 Å². The highest BCUT2D eigenvalue weighted by Gasteiger charge is 2.43. The van der Waals surface area contributed by atoms with Crippen molar-refractivity contribution in [1.29, 1.82) is 0 Å². The molecule has 1 aliphatic heterocycles. The highest BCUT2D eigenvalue weighted by molar-refractivity contribution is 5.52. The van der Waals surface area contributed by atoms with E-state index in [-0.39, 0.29) is 18.5 Å². The molecule has 88 valence electrons. The normalized spacial score (nSPS) is 19.4. The van der Waals surface area contributed by atoms with Gasteiger partial charge in [-0.15, -0.1) is 0 Å². The van der Waals surface area contributed by atoms with E-state index in [0.717, 1.165) is 5.69 Å². The second-order valence-corrected chi connectivity index (χ2v) is 5.51. The summed E-state index contributed by atoms with van der Waals surface area (Å²) in [5, 5.41) is 0. The molecule has 0 aliphatic carbocycles. The van der Waals surface area contributed by atoms with Gasteiger partial charge in [-0.2, -0.15) is 0 Å². The molecule has 0 amide bonds. The second-order valence-electron chi connectivity index (χ2n) is 5.51. The molecule has 3 heteroatoms. The molecule has 0 aromatic heterocycles. The molecule has 0 bridgehead atoms. The zero-order chi connectivity index (χ0) is 12.0. The van der Waals surface area contributed by atoms with Crippen molar-refractivity contribution in [1.82, 2.24) is 0 Å². The average molecular weight is 225 g/mol. The molecule has 0 N–H and O–H groups in total. The maximum atomic E-state index is 12.8.